The molecule has 144 valence electrons. The van der Waals surface area contributed by atoms with Gasteiger partial charge < -0.3 is 14.5 Å². The maximum Gasteiger partial charge on any atom is 0.343 e. The van der Waals surface area contributed by atoms with Gasteiger partial charge in [-0.1, -0.05) is 12.1 Å². The first-order chi connectivity index (χ1) is 13.0. The predicted octanol–water partition coefficient (Wildman–Crippen LogP) is 0.998. The molecule has 3 heterocycles. The lowest BCUT2D eigenvalue weighted by molar-refractivity contribution is -0.135. The number of benzene rings is 1. The Bertz CT molecular complexity index is 895. The highest BCUT2D eigenvalue weighted by atomic mass is 16.5. The van der Waals surface area contributed by atoms with Gasteiger partial charge in [-0.05, 0) is 31.0 Å². The highest BCUT2D eigenvalue weighted by Crippen LogP contribution is 2.25. The molecule has 27 heavy (non-hydrogen) atoms. The van der Waals surface area contributed by atoms with Crippen LogP contribution >= 0.6 is 0 Å². The van der Waals surface area contributed by atoms with Crippen molar-refractivity contribution in [3.05, 3.63) is 45.6 Å². The van der Waals surface area contributed by atoms with E-state index in [2.05, 4.69) is 47.1 Å². The van der Waals surface area contributed by atoms with E-state index >= 15 is 0 Å². The van der Waals surface area contributed by atoms with Gasteiger partial charge >= 0.3 is 5.69 Å². The van der Waals surface area contributed by atoms with E-state index in [9.17, 15) is 9.59 Å². The topological polar surface area (TPSA) is 83.5 Å². The van der Waals surface area contributed by atoms with Gasteiger partial charge in [0.05, 0.1) is 19.6 Å². The molecule has 0 aliphatic carbocycles. The fourth-order valence-corrected chi connectivity index (χ4v) is 3.85. The number of ether oxygens (including phenoxy) is 1. The SMILES string of the molecule is Cc1ccc(C)c(N2CCN(C(=O)CC3OCCn4c3n[nH]c4=O)CC2)c1. The molecule has 1 atom stereocenters. The van der Waals surface area contributed by atoms with Crippen molar-refractivity contribution in [1.29, 1.82) is 0 Å². The van der Waals surface area contributed by atoms with E-state index in [1.807, 2.05) is 4.90 Å². The minimum Gasteiger partial charge on any atom is -0.368 e. The summed E-state index contributed by atoms with van der Waals surface area (Å²) < 4.78 is 7.25. The highest BCUT2D eigenvalue weighted by molar-refractivity contribution is 5.77. The summed E-state index contributed by atoms with van der Waals surface area (Å²) in [6.07, 6.45) is -0.240. The number of anilines is 1. The van der Waals surface area contributed by atoms with E-state index in [-0.39, 0.29) is 18.0 Å². The fraction of sp³-hybridized carbons (Fsp3) is 0.526. The Morgan fingerprint density at radius 2 is 2.00 bits per heavy atom. The predicted molar refractivity (Wildman–Crippen MR) is 101 cm³/mol. The van der Waals surface area contributed by atoms with Crippen molar-refractivity contribution >= 4 is 11.6 Å². The lowest BCUT2D eigenvalue weighted by atomic mass is 10.1. The first-order valence-corrected chi connectivity index (χ1v) is 9.39. The zero-order valence-electron chi connectivity index (χ0n) is 15.8. The molecule has 0 saturated carbocycles. The van der Waals surface area contributed by atoms with Crippen LogP contribution in [-0.2, 0) is 16.1 Å². The molecule has 2 aliphatic rings. The number of fused-ring (bicyclic) bond motifs is 1. The van der Waals surface area contributed by atoms with Gasteiger partial charge in [-0.25, -0.2) is 9.89 Å². The number of aryl methyl sites for hydroxylation is 2. The Balaban J connectivity index is 1.38. The second kappa shape index (κ2) is 7.19. The van der Waals surface area contributed by atoms with Crippen LogP contribution in [0, 0.1) is 13.8 Å². The van der Waals surface area contributed by atoms with Crippen LogP contribution in [0.4, 0.5) is 5.69 Å². The Labute approximate surface area is 157 Å². The Hall–Kier alpha value is -2.61. The summed E-state index contributed by atoms with van der Waals surface area (Å²) in [5.41, 5.74) is 3.51. The molecule has 2 aliphatic heterocycles. The Kier molecular flexibility index (Phi) is 4.73. The van der Waals surface area contributed by atoms with Crippen molar-refractivity contribution in [1.82, 2.24) is 19.7 Å². The number of carbonyl (C=O) groups is 1. The zero-order valence-corrected chi connectivity index (χ0v) is 15.8. The molecule has 0 spiro atoms. The number of nitrogens with zero attached hydrogens (tertiary/aromatic N) is 4. The quantitative estimate of drug-likeness (QED) is 0.870. The number of piperazine rings is 1. The molecule has 8 heteroatoms. The molecule has 1 aromatic heterocycles. The molecular weight excluding hydrogens is 346 g/mol. The van der Waals surface area contributed by atoms with E-state index in [1.165, 1.54) is 16.8 Å². The second-order valence-electron chi connectivity index (χ2n) is 7.26. The van der Waals surface area contributed by atoms with E-state index in [1.54, 1.807) is 4.57 Å². The van der Waals surface area contributed by atoms with E-state index in [0.717, 1.165) is 13.1 Å². The van der Waals surface area contributed by atoms with Crippen LogP contribution in [-0.4, -0.2) is 58.4 Å². The van der Waals surface area contributed by atoms with Crippen LogP contribution in [0.1, 0.15) is 29.5 Å². The minimum absolute atomic E-state index is 0.0458. The second-order valence-corrected chi connectivity index (χ2v) is 7.26. The summed E-state index contributed by atoms with van der Waals surface area (Å²) in [5.74, 6) is 0.568. The van der Waals surface area contributed by atoms with Gasteiger partial charge in [-0.3, -0.25) is 9.36 Å². The summed E-state index contributed by atoms with van der Waals surface area (Å²) >= 11 is 0. The standard InChI is InChI=1S/C19H25N5O3/c1-13-3-4-14(2)15(11-13)22-5-7-23(8-6-22)17(25)12-16-18-20-21-19(26)24(18)9-10-27-16/h3-4,11,16H,5-10,12H2,1-2H3,(H,21,26). The van der Waals surface area contributed by atoms with Crippen molar-refractivity contribution in [2.24, 2.45) is 0 Å². The Morgan fingerprint density at radius 1 is 1.22 bits per heavy atom. The lowest BCUT2D eigenvalue weighted by Crippen LogP contribution is -2.49. The van der Waals surface area contributed by atoms with Crippen LogP contribution < -0.4 is 10.6 Å². The number of nitrogens with one attached hydrogen (secondary N) is 1. The summed E-state index contributed by atoms with van der Waals surface area (Å²) in [6, 6.07) is 6.48. The van der Waals surface area contributed by atoms with Crippen LogP contribution in [0.15, 0.2) is 23.0 Å². The number of hydrogen-bond acceptors (Lipinski definition) is 5. The van der Waals surface area contributed by atoms with Crippen LogP contribution in [0.5, 0.6) is 0 Å². The van der Waals surface area contributed by atoms with Gasteiger partial charge in [0.1, 0.15) is 6.10 Å². The number of H-pyrrole nitrogens is 1. The van der Waals surface area contributed by atoms with Crippen LogP contribution in [0.3, 0.4) is 0 Å². The van der Waals surface area contributed by atoms with Crippen LogP contribution in [0.2, 0.25) is 0 Å². The molecule has 1 fully saturated rings. The van der Waals surface area contributed by atoms with Gasteiger partial charge in [0.2, 0.25) is 5.91 Å². The van der Waals surface area contributed by atoms with E-state index < -0.39 is 6.10 Å². The maximum absolute atomic E-state index is 12.7. The number of aromatic amines is 1. The summed E-state index contributed by atoms with van der Waals surface area (Å²) in [5, 5.41) is 6.47. The average Bonchev–Trinajstić information content (AvgIpc) is 3.06. The molecule has 4 rings (SSSR count). The molecule has 1 saturated heterocycles. The van der Waals surface area contributed by atoms with Crippen molar-refractivity contribution in [3.8, 4) is 0 Å². The van der Waals surface area contributed by atoms with Crippen molar-refractivity contribution in [2.45, 2.75) is 32.9 Å². The Morgan fingerprint density at radius 3 is 2.78 bits per heavy atom. The number of rotatable bonds is 3. The monoisotopic (exact) mass is 371 g/mol. The fourth-order valence-electron chi connectivity index (χ4n) is 3.85. The van der Waals surface area contributed by atoms with Crippen LogP contribution in [0.25, 0.3) is 0 Å². The number of hydrogen-bond donors (Lipinski definition) is 1. The van der Waals surface area contributed by atoms with Crippen molar-refractivity contribution in [2.75, 3.05) is 37.7 Å². The number of carbonyl (C=O) groups excluding carboxylic acids is 1. The first kappa shape index (κ1) is 17.8. The molecule has 1 unspecified atom stereocenters. The molecule has 0 radical (unpaired) electrons. The van der Waals surface area contributed by atoms with E-state index in [4.69, 9.17) is 4.74 Å². The van der Waals surface area contributed by atoms with Gasteiger partial charge in [0.25, 0.3) is 0 Å². The maximum atomic E-state index is 12.7. The summed E-state index contributed by atoms with van der Waals surface area (Å²) in [4.78, 5) is 28.7. The first-order valence-electron chi connectivity index (χ1n) is 9.39. The van der Waals surface area contributed by atoms with Crippen molar-refractivity contribution in [3.63, 3.8) is 0 Å². The molecule has 1 amide bonds. The average molecular weight is 371 g/mol. The van der Waals surface area contributed by atoms with Gasteiger partial charge in [0.15, 0.2) is 5.82 Å². The molecule has 1 aromatic carbocycles. The van der Waals surface area contributed by atoms with E-state index in [0.29, 0.717) is 32.1 Å². The van der Waals surface area contributed by atoms with Crippen molar-refractivity contribution < 1.29 is 9.53 Å². The number of aromatic nitrogens is 3. The van der Waals surface area contributed by atoms with Gasteiger partial charge in [0, 0.05) is 31.9 Å². The summed E-state index contributed by atoms with van der Waals surface area (Å²) in [7, 11) is 0. The third-order valence-electron chi connectivity index (χ3n) is 5.41. The minimum atomic E-state index is -0.456. The van der Waals surface area contributed by atoms with Gasteiger partial charge in [-0.15, -0.1) is 0 Å². The smallest absolute Gasteiger partial charge is 0.343 e. The third kappa shape index (κ3) is 3.49. The molecule has 1 N–H and O–H groups in total. The molecular formula is C19H25N5O3. The normalized spacial score (nSPS) is 19.9. The highest BCUT2D eigenvalue weighted by Gasteiger charge is 2.30. The summed E-state index contributed by atoms with van der Waals surface area (Å²) in [6.45, 7) is 8.12. The molecule has 0 bridgehead atoms. The zero-order chi connectivity index (χ0) is 19.0. The third-order valence-corrected chi connectivity index (χ3v) is 5.41. The lowest BCUT2D eigenvalue weighted by Gasteiger charge is -2.37. The molecule has 8 nitrogen and oxygen atoms in total. The number of amides is 1. The largest absolute Gasteiger partial charge is 0.368 e. The molecule has 2 aromatic rings. The van der Waals surface area contributed by atoms with Gasteiger partial charge in [-0.2, -0.15) is 5.10 Å².